The number of hydrogen-bond acceptors (Lipinski definition) is 6. The first-order valence-electron chi connectivity index (χ1n) is 8.39. The zero-order chi connectivity index (χ0) is 15.8. The highest BCUT2D eigenvalue weighted by molar-refractivity contribution is 5.80. The second-order valence-corrected chi connectivity index (χ2v) is 6.45. The Balaban J connectivity index is 1.42. The van der Waals surface area contributed by atoms with E-state index in [0.717, 1.165) is 43.7 Å². The van der Waals surface area contributed by atoms with Gasteiger partial charge in [0.2, 0.25) is 0 Å². The molecule has 3 atom stereocenters. The Morgan fingerprint density at radius 2 is 2.13 bits per heavy atom. The predicted octanol–water partition coefficient (Wildman–Crippen LogP) is 1.08. The summed E-state index contributed by atoms with van der Waals surface area (Å²) in [6, 6.07) is 4.28. The van der Waals surface area contributed by atoms with Gasteiger partial charge in [0, 0.05) is 6.54 Å². The summed E-state index contributed by atoms with van der Waals surface area (Å²) in [5.74, 6) is 0.883. The fourth-order valence-electron chi connectivity index (χ4n) is 3.72. The molecule has 124 valence electrons. The van der Waals surface area contributed by atoms with E-state index < -0.39 is 0 Å². The van der Waals surface area contributed by atoms with Crippen molar-refractivity contribution in [2.75, 3.05) is 24.6 Å². The molecule has 1 amide bonds. The Labute approximate surface area is 135 Å². The smallest absolute Gasteiger partial charge is 0.275 e. The van der Waals surface area contributed by atoms with Gasteiger partial charge in [-0.3, -0.25) is 9.63 Å². The van der Waals surface area contributed by atoms with Crippen LogP contribution in [-0.2, 0) is 14.4 Å². The second kappa shape index (κ2) is 6.05. The zero-order valence-corrected chi connectivity index (χ0v) is 13.4. The number of ether oxygens (including phenoxy) is 1. The fourth-order valence-corrected chi connectivity index (χ4v) is 3.72. The largest absolute Gasteiger partial charge is 0.363 e. The highest BCUT2D eigenvalue weighted by Crippen LogP contribution is 2.34. The maximum atomic E-state index is 12.4. The molecular weight excluding hydrogens is 296 g/mol. The molecule has 0 spiro atoms. The highest BCUT2D eigenvalue weighted by atomic mass is 16.7. The Kier molecular flexibility index (Phi) is 3.90. The zero-order valence-electron chi connectivity index (χ0n) is 13.4. The fraction of sp³-hybridized carbons (Fsp3) is 0.688. The highest BCUT2D eigenvalue weighted by Gasteiger charge is 2.43. The molecule has 1 aromatic heterocycles. The van der Waals surface area contributed by atoms with Gasteiger partial charge in [-0.15, -0.1) is 5.10 Å². The molecule has 0 N–H and O–H groups in total. The van der Waals surface area contributed by atoms with Crippen LogP contribution in [-0.4, -0.2) is 59.1 Å². The van der Waals surface area contributed by atoms with Crippen LogP contribution < -0.4 is 4.90 Å². The average Bonchev–Trinajstić information content (AvgIpc) is 3.24. The average molecular weight is 318 g/mol. The number of rotatable bonds is 2. The number of aryl methyl sites for hydroxylation is 1. The molecule has 0 unspecified atom stereocenters. The number of amides is 1. The summed E-state index contributed by atoms with van der Waals surface area (Å²) >= 11 is 0. The third kappa shape index (κ3) is 2.79. The first-order chi connectivity index (χ1) is 11.2. The molecular formula is C16H22N4O3. The van der Waals surface area contributed by atoms with Crippen molar-refractivity contribution in [3.05, 3.63) is 17.8 Å². The van der Waals surface area contributed by atoms with Crippen molar-refractivity contribution < 1.29 is 14.4 Å². The van der Waals surface area contributed by atoms with Gasteiger partial charge in [-0.2, -0.15) is 5.10 Å². The van der Waals surface area contributed by atoms with Crippen molar-refractivity contribution in [3.63, 3.8) is 0 Å². The number of aromatic nitrogens is 2. The lowest BCUT2D eigenvalue weighted by atomic mass is 9.98. The molecule has 23 heavy (non-hydrogen) atoms. The van der Waals surface area contributed by atoms with Crippen molar-refractivity contribution >= 4 is 11.7 Å². The molecule has 4 heterocycles. The van der Waals surface area contributed by atoms with Crippen LogP contribution in [0.4, 0.5) is 5.82 Å². The van der Waals surface area contributed by atoms with Crippen LogP contribution in [0.2, 0.25) is 0 Å². The van der Waals surface area contributed by atoms with Gasteiger partial charge in [0.05, 0.1) is 31.0 Å². The van der Waals surface area contributed by atoms with E-state index in [1.165, 1.54) is 5.06 Å². The van der Waals surface area contributed by atoms with Crippen molar-refractivity contribution in [3.8, 4) is 0 Å². The molecule has 4 rings (SSSR count). The standard InChI is InChI=1S/C16H22N4O3/c1-11-3-6-15(18-17-11)19-9-7-13-12(19)4-5-14(23-13)16(21)20-8-2-10-22-20/h3,6,12-14H,2,4-5,7-10H2,1H3/t12-,13-,14-/m0/s1. The molecule has 0 bridgehead atoms. The van der Waals surface area contributed by atoms with E-state index in [1.54, 1.807) is 0 Å². The van der Waals surface area contributed by atoms with E-state index in [2.05, 4.69) is 15.1 Å². The van der Waals surface area contributed by atoms with Gasteiger partial charge in [0.15, 0.2) is 5.82 Å². The minimum atomic E-state index is -0.363. The number of carbonyl (C=O) groups is 1. The van der Waals surface area contributed by atoms with Crippen LogP contribution in [0.5, 0.6) is 0 Å². The van der Waals surface area contributed by atoms with Crippen LogP contribution in [0.15, 0.2) is 12.1 Å². The van der Waals surface area contributed by atoms with E-state index in [1.807, 2.05) is 19.1 Å². The Bertz CT molecular complexity index is 573. The van der Waals surface area contributed by atoms with Crippen molar-refractivity contribution in [1.82, 2.24) is 15.3 Å². The molecule has 0 saturated carbocycles. The van der Waals surface area contributed by atoms with E-state index in [4.69, 9.17) is 9.57 Å². The summed E-state index contributed by atoms with van der Waals surface area (Å²) in [4.78, 5) is 20.0. The molecule has 7 heteroatoms. The summed E-state index contributed by atoms with van der Waals surface area (Å²) in [7, 11) is 0. The second-order valence-electron chi connectivity index (χ2n) is 6.45. The number of nitrogens with zero attached hydrogens (tertiary/aromatic N) is 4. The number of hydroxylamine groups is 2. The molecule has 0 aromatic carbocycles. The Morgan fingerprint density at radius 1 is 1.22 bits per heavy atom. The summed E-state index contributed by atoms with van der Waals surface area (Å²) in [5.41, 5.74) is 0.917. The lowest BCUT2D eigenvalue weighted by Crippen LogP contribution is -2.48. The lowest BCUT2D eigenvalue weighted by Gasteiger charge is -2.36. The van der Waals surface area contributed by atoms with Gasteiger partial charge in [0.25, 0.3) is 5.91 Å². The van der Waals surface area contributed by atoms with Gasteiger partial charge in [0.1, 0.15) is 6.10 Å². The van der Waals surface area contributed by atoms with Crippen molar-refractivity contribution in [1.29, 1.82) is 0 Å². The van der Waals surface area contributed by atoms with Gasteiger partial charge >= 0.3 is 0 Å². The molecule has 0 aliphatic carbocycles. The van der Waals surface area contributed by atoms with Crippen molar-refractivity contribution in [2.45, 2.75) is 50.9 Å². The third-order valence-electron chi connectivity index (χ3n) is 4.90. The summed E-state index contributed by atoms with van der Waals surface area (Å²) < 4.78 is 6.10. The van der Waals surface area contributed by atoms with Gasteiger partial charge in [-0.05, 0) is 44.7 Å². The predicted molar refractivity (Wildman–Crippen MR) is 82.7 cm³/mol. The summed E-state index contributed by atoms with van der Waals surface area (Å²) in [6.45, 7) is 4.14. The van der Waals surface area contributed by atoms with E-state index in [0.29, 0.717) is 13.2 Å². The third-order valence-corrected chi connectivity index (χ3v) is 4.90. The van der Waals surface area contributed by atoms with Crippen LogP contribution in [0.1, 0.15) is 31.4 Å². The number of hydrogen-bond donors (Lipinski definition) is 0. The van der Waals surface area contributed by atoms with E-state index >= 15 is 0 Å². The Hall–Kier alpha value is -1.73. The first kappa shape index (κ1) is 14.8. The molecule has 0 radical (unpaired) electrons. The normalized spacial score (nSPS) is 30.6. The maximum Gasteiger partial charge on any atom is 0.275 e. The maximum absolute atomic E-state index is 12.4. The van der Waals surface area contributed by atoms with Crippen molar-refractivity contribution in [2.24, 2.45) is 0 Å². The Morgan fingerprint density at radius 3 is 2.87 bits per heavy atom. The molecule has 7 nitrogen and oxygen atoms in total. The SMILES string of the molecule is Cc1ccc(N2CC[C@@H]3O[C@H](C(=O)N4CCCO4)CC[C@@H]32)nn1. The van der Waals surface area contributed by atoms with Gasteiger partial charge < -0.3 is 9.64 Å². The molecule has 1 aromatic rings. The summed E-state index contributed by atoms with van der Waals surface area (Å²) in [6.07, 6.45) is 3.22. The van der Waals surface area contributed by atoms with E-state index in [-0.39, 0.29) is 24.2 Å². The first-order valence-corrected chi connectivity index (χ1v) is 8.39. The monoisotopic (exact) mass is 318 g/mol. The topological polar surface area (TPSA) is 67.8 Å². The number of carbonyl (C=O) groups excluding carboxylic acids is 1. The summed E-state index contributed by atoms with van der Waals surface area (Å²) in [5, 5.41) is 9.92. The molecule has 3 aliphatic rings. The van der Waals surface area contributed by atoms with Gasteiger partial charge in [-0.25, -0.2) is 5.06 Å². The molecule has 3 saturated heterocycles. The van der Waals surface area contributed by atoms with Crippen LogP contribution in [0.3, 0.4) is 0 Å². The van der Waals surface area contributed by atoms with Crippen LogP contribution in [0, 0.1) is 6.92 Å². The van der Waals surface area contributed by atoms with Crippen LogP contribution >= 0.6 is 0 Å². The number of anilines is 1. The minimum absolute atomic E-state index is 0.0190. The molecule has 3 fully saturated rings. The number of fused-ring (bicyclic) bond motifs is 1. The van der Waals surface area contributed by atoms with E-state index in [9.17, 15) is 4.79 Å². The van der Waals surface area contributed by atoms with Crippen LogP contribution in [0.25, 0.3) is 0 Å². The quantitative estimate of drug-likeness (QED) is 0.813. The minimum Gasteiger partial charge on any atom is -0.363 e. The van der Waals surface area contributed by atoms with Gasteiger partial charge in [-0.1, -0.05) is 0 Å². The lowest BCUT2D eigenvalue weighted by molar-refractivity contribution is -0.187. The molecule has 3 aliphatic heterocycles.